The van der Waals surface area contributed by atoms with Crippen molar-refractivity contribution in [2.24, 2.45) is 11.3 Å². The minimum absolute atomic E-state index is 0.0663. The molecule has 0 aromatic rings. The van der Waals surface area contributed by atoms with E-state index in [1.54, 1.807) is 7.11 Å². The first kappa shape index (κ1) is 16.2. The van der Waals surface area contributed by atoms with Crippen LogP contribution in [0.4, 0.5) is 4.79 Å². The summed E-state index contributed by atoms with van der Waals surface area (Å²) in [6.07, 6.45) is 2.55. The van der Waals surface area contributed by atoms with E-state index in [1.165, 1.54) is 0 Å². The van der Waals surface area contributed by atoms with Gasteiger partial charge in [-0.05, 0) is 46.0 Å². The van der Waals surface area contributed by atoms with E-state index in [0.29, 0.717) is 19.1 Å². The van der Waals surface area contributed by atoms with Crippen LogP contribution in [0.15, 0.2) is 0 Å². The molecule has 1 amide bonds. The molecule has 2 N–H and O–H groups in total. The second-order valence-corrected chi connectivity index (χ2v) is 6.39. The molecule has 1 unspecified atom stereocenters. The van der Waals surface area contributed by atoms with Gasteiger partial charge in [0.05, 0.1) is 6.61 Å². The Balaban J connectivity index is 2.51. The number of carbonyl (C=O) groups excluding carboxylic acids is 1. The average molecular weight is 273 g/mol. The topological polar surface area (TPSA) is 67.8 Å². The molecule has 0 radical (unpaired) electrons. The second kappa shape index (κ2) is 6.57. The number of hydrogen-bond donors (Lipinski definition) is 2. The summed E-state index contributed by atoms with van der Waals surface area (Å²) in [5.41, 5.74) is -0.773. The number of aliphatic hydroxyl groups excluding tert-OH is 1. The van der Waals surface area contributed by atoms with Crippen LogP contribution in [0.25, 0.3) is 0 Å². The SMILES string of the molecule is COCCC(CO)(CNC(=O)OC(C)(C)C)C1CC1. The van der Waals surface area contributed by atoms with Crippen molar-refractivity contribution in [2.45, 2.75) is 45.6 Å². The normalized spacial score (nSPS) is 18.8. The van der Waals surface area contributed by atoms with Crippen molar-refractivity contribution in [3.8, 4) is 0 Å². The molecular weight excluding hydrogens is 246 g/mol. The van der Waals surface area contributed by atoms with Gasteiger partial charge >= 0.3 is 6.09 Å². The van der Waals surface area contributed by atoms with Gasteiger partial charge in [0.1, 0.15) is 5.60 Å². The van der Waals surface area contributed by atoms with Gasteiger partial charge in [0.15, 0.2) is 0 Å². The summed E-state index contributed by atoms with van der Waals surface area (Å²) in [5, 5.41) is 12.5. The lowest BCUT2D eigenvalue weighted by Gasteiger charge is -2.32. The number of aliphatic hydroxyl groups is 1. The lowest BCUT2D eigenvalue weighted by Crippen LogP contribution is -2.44. The Morgan fingerprint density at radius 1 is 1.37 bits per heavy atom. The first-order chi connectivity index (χ1) is 8.83. The lowest BCUT2D eigenvalue weighted by molar-refractivity contribution is 0.0349. The molecule has 0 aliphatic heterocycles. The number of carbonyl (C=O) groups is 1. The third kappa shape index (κ3) is 5.37. The van der Waals surface area contributed by atoms with Gasteiger partial charge in [-0.15, -0.1) is 0 Å². The third-order valence-corrected chi connectivity index (χ3v) is 3.55. The Morgan fingerprint density at radius 2 is 2.00 bits per heavy atom. The third-order valence-electron chi connectivity index (χ3n) is 3.55. The molecule has 1 aliphatic carbocycles. The fraction of sp³-hybridized carbons (Fsp3) is 0.929. The van der Waals surface area contributed by atoms with Crippen LogP contribution in [0.2, 0.25) is 0 Å². The van der Waals surface area contributed by atoms with Gasteiger partial charge in [-0.3, -0.25) is 0 Å². The number of methoxy groups -OCH3 is 1. The summed E-state index contributed by atoms with van der Waals surface area (Å²) >= 11 is 0. The highest BCUT2D eigenvalue weighted by molar-refractivity contribution is 5.67. The van der Waals surface area contributed by atoms with Crippen molar-refractivity contribution >= 4 is 6.09 Å². The zero-order chi connectivity index (χ0) is 14.5. The van der Waals surface area contributed by atoms with Gasteiger partial charge < -0.3 is 19.9 Å². The number of hydrogen-bond acceptors (Lipinski definition) is 4. The summed E-state index contributed by atoms with van der Waals surface area (Å²) in [5.74, 6) is 0.475. The maximum Gasteiger partial charge on any atom is 0.407 e. The highest BCUT2D eigenvalue weighted by atomic mass is 16.6. The molecular formula is C14H27NO4. The minimum atomic E-state index is -0.502. The number of ether oxygens (including phenoxy) is 2. The van der Waals surface area contributed by atoms with Crippen LogP contribution in [0.3, 0.4) is 0 Å². The summed E-state index contributed by atoms with van der Waals surface area (Å²) in [6, 6.07) is 0. The second-order valence-electron chi connectivity index (χ2n) is 6.39. The zero-order valence-corrected chi connectivity index (χ0v) is 12.5. The predicted octanol–water partition coefficient (Wildman–Crippen LogP) is 1.94. The van der Waals surface area contributed by atoms with Crippen molar-refractivity contribution in [3.05, 3.63) is 0 Å². The minimum Gasteiger partial charge on any atom is -0.444 e. The van der Waals surface area contributed by atoms with Gasteiger partial charge in [0.25, 0.3) is 0 Å². The summed E-state index contributed by atoms with van der Waals surface area (Å²) in [7, 11) is 1.65. The molecule has 0 bridgehead atoms. The highest BCUT2D eigenvalue weighted by Crippen LogP contribution is 2.47. The number of amides is 1. The largest absolute Gasteiger partial charge is 0.444 e. The first-order valence-corrected chi connectivity index (χ1v) is 6.89. The van der Waals surface area contributed by atoms with Crippen LogP contribution in [0.1, 0.15) is 40.0 Å². The maximum atomic E-state index is 11.7. The molecule has 1 atom stereocenters. The van der Waals surface area contributed by atoms with Crippen molar-refractivity contribution < 1.29 is 19.4 Å². The molecule has 1 fully saturated rings. The molecule has 5 heteroatoms. The molecule has 0 aromatic heterocycles. The van der Waals surface area contributed by atoms with Crippen LogP contribution in [0, 0.1) is 11.3 Å². The molecule has 0 heterocycles. The molecule has 1 saturated carbocycles. The standard InChI is InChI=1S/C14H27NO4/c1-13(2,3)19-12(17)15-9-14(10-16,7-8-18-4)11-5-6-11/h11,16H,5-10H2,1-4H3,(H,15,17). The molecule has 112 valence electrons. The fourth-order valence-corrected chi connectivity index (χ4v) is 2.26. The smallest absolute Gasteiger partial charge is 0.407 e. The maximum absolute atomic E-state index is 11.7. The van der Waals surface area contributed by atoms with Gasteiger partial charge in [0.2, 0.25) is 0 Å². The molecule has 5 nitrogen and oxygen atoms in total. The summed E-state index contributed by atoms with van der Waals surface area (Å²) in [6.45, 7) is 6.59. The van der Waals surface area contributed by atoms with Crippen molar-refractivity contribution in [3.63, 3.8) is 0 Å². The Hall–Kier alpha value is -0.810. The van der Waals surface area contributed by atoms with Crippen LogP contribution in [0.5, 0.6) is 0 Å². The number of rotatable bonds is 7. The van der Waals surface area contributed by atoms with Crippen LogP contribution in [-0.2, 0) is 9.47 Å². The molecule has 0 aromatic carbocycles. The van der Waals surface area contributed by atoms with E-state index in [2.05, 4.69) is 5.32 Å². The van der Waals surface area contributed by atoms with Crippen molar-refractivity contribution in [2.75, 3.05) is 26.9 Å². The highest BCUT2D eigenvalue weighted by Gasteiger charge is 2.44. The van der Waals surface area contributed by atoms with Gasteiger partial charge in [0, 0.05) is 25.7 Å². The van der Waals surface area contributed by atoms with E-state index in [4.69, 9.17) is 9.47 Å². The van der Waals surface area contributed by atoms with Crippen LogP contribution >= 0.6 is 0 Å². The Morgan fingerprint density at radius 3 is 2.42 bits per heavy atom. The predicted molar refractivity (Wildman–Crippen MR) is 73.0 cm³/mol. The van der Waals surface area contributed by atoms with E-state index in [1.807, 2.05) is 20.8 Å². The summed E-state index contributed by atoms with van der Waals surface area (Å²) in [4.78, 5) is 11.7. The first-order valence-electron chi connectivity index (χ1n) is 6.89. The van der Waals surface area contributed by atoms with Gasteiger partial charge in [-0.1, -0.05) is 0 Å². The number of nitrogens with one attached hydrogen (secondary N) is 1. The molecule has 0 saturated heterocycles. The van der Waals surface area contributed by atoms with Crippen molar-refractivity contribution in [1.82, 2.24) is 5.32 Å². The van der Waals surface area contributed by atoms with E-state index >= 15 is 0 Å². The van der Waals surface area contributed by atoms with Gasteiger partial charge in [-0.25, -0.2) is 4.79 Å². The monoisotopic (exact) mass is 273 g/mol. The number of alkyl carbamates (subject to hydrolysis) is 1. The Kier molecular flexibility index (Phi) is 5.62. The van der Waals surface area contributed by atoms with Crippen LogP contribution in [-0.4, -0.2) is 43.7 Å². The van der Waals surface area contributed by atoms with E-state index in [0.717, 1.165) is 19.3 Å². The Labute approximate surface area is 115 Å². The zero-order valence-electron chi connectivity index (χ0n) is 12.5. The van der Waals surface area contributed by atoms with Crippen molar-refractivity contribution in [1.29, 1.82) is 0 Å². The van der Waals surface area contributed by atoms with E-state index in [-0.39, 0.29) is 12.0 Å². The lowest BCUT2D eigenvalue weighted by atomic mass is 9.80. The molecule has 1 aliphatic rings. The average Bonchev–Trinajstić information content (AvgIpc) is 3.12. The Bertz CT molecular complexity index is 296. The van der Waals surface area contributed by atoms with Gasteiger partial charge in [-0.2, -0.15) is 0 Å². The summed E-state index contributed by atoms with van der Waals surface area (Å²) < 4.78 is 10.3. The van der Waals surface area contributed by atoms with E-state index in [9.17, 15) is 9.90 Å². The molecule has 19 heavy (non-hydrogen) atoms. The van der Waals surface area contributed by atoms with E-state index < -0.39 is 11.7 Å². The molecule has 1 rings (SSSR count). The fourth-order valence-electron chi connectivity index (χ4n) is 2.26. The molecule has 0 spiro atoms. The van der Waals surface area contributed by atoms with Crippen LogP contribution < -0.4 is 5.32 Å². The quantitative estimate of drug-likeness (QED) is 0.744.